The number of carbonyl (C=O) groups excluding carboxylic acids is 2. The first kappa shape index (κ1) is 60.1. The molecule has 66 heavy (non-hydrogen) atoms. The zero-order valence-electron chi connectivity index (χ0n) is 40.7. The lowest BCUT2D eigenvalue weighted by Gasteiger charge is -2.42. The van der Waals surface area contributed by atoms with Gasteiger partial charge in [-0.3, -0.25) is 9.59 Å². The average molecular weight is 945 g/mol. The molecular formula is C51H92O15. The summed E-state index contributed by atoms with van der Waals surface area (Å²) in [7, 11) is 0. The second-order valence-corrected chi connectivity index (χ2v) is 18.3. The SMILES string of the molecule is CCCCCCCC/C=C/CCCCCCCC(=O)O[C@H](COC(=O)CCCCC/C=C/CCCCCCCCCC)CO[C@@H]1O[C@H](CO[C@@H]2O[C@H](CO)[C@H](O)C(O)C2O)[C@H](O)C(O)C1O. The van der Waals surface area contributed by atoms with E-state index in [4.69, 9.17) is 28.4 Å². The second kappa shape index (κ2) is 38.8. The number of unbranched alkanes of at least 4 members (excludes halogenated alkanes) is 22. The lowest BCUT2D eigenvalue weighted by Crippen LogP contribution is -2.61. The van der Waals surface area contributed by atoms with Crippen molar-refractivity contribution >= 4 is 11.9 Å². The summed E-state index contributed by atoms with van der Waals surface area (Å²) in [5.74, 6) is -0.949. The van der Waals surface area contributed by atoms with Gasteiger partial charge in [0.25, 0.3) is 0 Å². The summed E-state index contributed by atoms with van der Waals surface area (Å²) in [6.07, 6.45) is 22.1. The van der Waals surface area contributed by atoms with Crippen LogP contribution in [0.1, 0.15) is 194 Å². The molecule has 0 aliphatic carbocycles. The summed E-state index contributed by atoms with van der Waals surface area (Å²) in [5.41, 5.74) is 0. The minimum absolute atomic E-state index is 0.154. The summed E-state index contributed by atoms with van der Waals surface area (Å²) in [6, 6.07) is 0. The van der Waals surface area contributed by atoms with Crippen molar-refractivity contribution in [3.8, 4) is 0 Å². The summed E-state index contributed by atoms with van der Waals surface area (Å²) < 4.78 is 33.5. The molecular weight excluding hydrogens is 853 g/mol. The van der Waals surface area contributed by atoms with Crippen molar-refractivity contribution in [1.29, 1.82) is 0 Å². The minimum atomic E-state index is -1.77. The molecule has 4 unspecified atom stereocenters. The van der Waals surface area contributed by atoms with Crippen LogP contribution in [0.5, 0.6) is 0 Å². The Morgan fingerprint density at radius 3 is 1.35 bits per heavy atom. The lowest BCUT2D eigenvalue weighted by atomic mass is 9.98. The molecule has 0 aromatic heterocycles. The van der Waals surface area contributed by atoms with E-state index in [1.165, 1.54) is 89.9 Å². The van der Waals surface area contributed by atoms with Crippen LogP contribution in [0, 0.1) is 0 Å². The van der Waals surface area contributed by atoms with Crippen molar-refractivity contribution in [2.24, 2.45) is 0 Å². The summed E-state index contributed by atoms with van der Waals surface area (Å²) in [6.45, 7) is 2.57. The molecule has 7 N–H and O–H groups in total. The molecule has 0 bridgehead atoms. The van der Waals surface area contributed by atoms with Gasteiger partial charge in [-0.25, -0.2) is 0 Å². The van der Waals surface area contributed by atoms with E-state index in [0.29, 0.717) is 12.8 Å². The normalized spacial score (nSPS) is 26.3. The van der Waals surface area contributed by atoms with Gasteiger partial charge in [-0.2, -0.15) is 0 Å². The Labute approximate surface area is 396 Å². The highest BCUT2D eigenvalue weighted by Crippen LogP contribution is 2.26. The maximum atomic E-state index is 13.0. The smallest absolute Gasteiger partial charge is 0.306 e. The Hall–Kier alpha value is -2.02. The van der Waals surface area contributed by atoms with E-state index in [1.807, 2.05) is 0 Å². The molecule has 0 spiro atoms. The Kier molecular flexibility index (Phi) is 35.3. The Balaban J connectivity index is 1.82. The zero-order chi connectivity index (χ0) is 48.2. The molecule has 0 saturated carbocycles. The fraction of sp³-hybridized carbons (Fsp3) is 0.882. The van der Waals surface area contributed by atoms with Crippen LogP contribution < -0.4 is 0 Å². The maximum Gasteiger partial charge on any atom is 0.306 e. The molecule has 0 radical (unpaired) electrons. The predicted octanol–water partition coefficient (Wildman–Crippen LogP) is 7.16. The van der Waals surface area contributed by atoms with E-state index in [0.717, 1.165) is 64.2 Å². The first-order valence-corrected chi connectivity index (χ1v) is 25.9. The molecule has 2 aliphatic heterocycles. The number of hydrogen-bond acceptors (Lipinski definition) is 15. The van der Waals surface area contributed by atoms with Gasteiger partial charge < -0.3 is 64.2 Å². The molecule has 2 fully saturated rings. The van der Waals surface area contributed by atoms with E-state index in [1.54, 1.807) is 0 Å². The number of aliphatic hydroxyl groups is 7. The molecule has 386 valence electrons. The Morgan fingerprint density at radius 1 is 0.470 bits per heavy atom. The van der Waals surface area contributed by atoms with E-state index in [2.05, 4.69) is 38.2 Å². The fourth-order valence-corrected chi connectivity index (χ4v) is 8.09. The average Bonchev–Trinajstić information content (AvgIpc) is 3.31. The fourth-order valence-electron chi connectivity index (χ4n) is 8.09. The number of hydrogen-bond donors (Lipinski definition) is 7. The highest BCUT2D eigenvalue weighted by Gasteiger charge is 2.47. The second-order valence-electron chi connectivity index (χ2n) is 18.3. The summed E-state index contributed by atoms with van der Waals surface area (Å²) in [5, 5.41) is 72.0. The summed E-state index contributed by atoms with van der Waals surface area (Å²) in [4.78, 5) is 25.7. The first-order valence-electron chi connectivity index (χ1n) is 25.9. The van der Waals surface area contributed by atoms with Gasteiger partial charge in [0.05, 0.1) is 19.8 Å². The van der Waals surface area contributed by atoms with E-state index >= 15 is 0 Å². The Morgan fingerprint density at radius 2 is 0.864 bits per heavy atom. The molecule has 2 heterocycles. The molecule has 0 aromatic carbocycles. The van der Waals surface area contributed by atoms with E-state index in [9.17, 15) is 45.3 Å². The van der Waals surface area contributed by atoms with Gasteiger partial charge in [0.2, 0.25) is 0 Å². The number of esters is 2. The molecule has 0 aromatic rings. The largest absolute Gasteiger partial charge is 0.462 e. The molecule has 2 aliphatic rings. The maximum absolute atomic E-state index is 13.0. The van der Waals surface area contributed by atoms with Crippen LogP contribution in [0.4, 0.5) is 0 Å². The summed E-state index contributed by atoms with van der Waals surface area (Å²) >= 11 is 0. The molecule has 0 amide bonds. The molecule has 15 heteroatoms. The van der Waals surface area contributed by atoms with Gasteiger partial charge >= 0.3 is 11.9 Å². The van der Waals surface area contributed by atoms with Crippen LogP contribution >= 0.6 is 0 Å². The van der Waals surface area contributed by atoms with Gasteiger partial charge in [-0.05, 0) is 64.2 Å². The van der Waals surface area contributed by atoms with Crippen LogP contribution in [-0.4, -0.2) is 142 Å². The van der Waals surface area contributed by atoms with Crippen molar-refractivity contribution in [3.05, 3.63) is 24.3 Å². The topological polar surface area (TPSA) is 231 Å². The van der Waals surface area contributed by atoms with Gasteiger partial charge in [0, 0.05) is 12.8 Å². The van der Waals surface area contributed by atoms with Gasteiger partial charge in [-0.15, -0.1) is 0 Å². The van der Waals surface area contributed by atoms with Crippen molar-refractivity contribution in [1.82, 2.24) is 0 Å². The minimum Gasteiger partial charge on any atom is -0.462 e. The quantitative estimate of drug-likeness (QED) is 0.0184. The predicted molar refractivity (Wildman–Crippen MR) is 252 cm³/mol. The first-order chi connectivity index (χ1) is 32.0. The number of carbonyl (C=O) groups is 2. The van der Waals surface area contributed by atoms with E-state index < -0.39 is 92.7 Å². The molecule has 2 saturated heterocycles. The number of ether oxygens (including phenoxy) is 6. The number of aliphatic hydroxyl groups excluding tert-OH is 7. The number of allylic oxidation sites excluding steroid dienone is 4. The van der Waals surface area contributed by atoms with E-state index in [-0.39, 0.29) is 26.1 Å². The zero-order valence-corrected chi connectivity index (χ0v) is 40.7. The third-order valence-electron chi connectivity index (χ3n) is 12.4. The Bertz CT molecular complexity index is 1250. The van der Waals surface area contributed by atoms with Crippen LogP contribution in [0.2, 0.25) is 0 Å². The number of rotatable bonds is 40. The van der Waals surface area contributed by atoms with Gasteiger partial charge in [0.15, 0.2) is 18.7 Å². The molecule has 15 nitrogen and oxygen atoms in total. The van der Waals surface area contributed by atoms with Crippen molar-refractivity contribution in [2.75, 3.05) is 26.4 Å². The highest BCUT2D eigenvalue weighted by molar-refractivity contribution is 5.70. The van der Waals surface area contributed by atoms with Crippen LogP contribution in [0.3, 0.4) is 0 Å². The van der Waals surface area contributed by atoms with Crippen LogP contribution in [0.15, 0.2) is 24.3 Å². The van der Waals surface area contributed by atoms with Crippen molar-refractivity contribution in [3.63, 3.8) is 0 Å². The van der Waals surface area contributed by atoms with Crippen molar-refractivity contribution < 1.29 is 73.8 Å². The van der Waals surface area contributed by atoms with Gasteiger partial charge in [0.1, 0.15) is 55.4 Å². The molecule has 2 rings (SSSR count). The third-order valence-corrected chi connectivity index (χ3v) is 12.4. The lowest BCUT2D eigenvalue weighted by molar-refractivity contribution is -0.332. The van der Waals surface area contributed by atoms with Crippen LogP contribution in [-0.2, 0) is 38.0 Å². The molecule has 11 atom stereocenters. The van der Waals surface area contributed by atoms with Crippen molar-refractivity contribution in [2.45, 2.75) is 261 Å². The standard InChI is InChI=1S/C51H92O15/c1-3-5-7-9-11-13-15-17-19-21-23-25-27-29-31-33-42(53)61-36-39(64-43(54)34-32-30-28-26-24-22-20-18-16-14-12-10-8-6-4-2)37-62-50-49(60)47(58)45(56)41(66-50)38-63-51-48(59)46(57)44(55)40(35-52)65-51/h18,20-21,23,39-41,44-52,55-60H,3-17,19,22,24-38H2,1-2H3/b20-18+,23-21+/t39-,40-,41-,44+,45+,46?,47?,48?,49?,50-,51-/m1/s1. The van der Waals surface area contributed by atoms with Gasteiger partial charge in [-0.1, -0.05) is 141 Å². The third kappa shape index (κ3) is 26.7. The monoisotopic (exact) mass is 945 g/mol. The highest BCUT2D eigenvalue weighted by atomic mass is 16.7. The van der Waals surface area contributed by atoms with Crippen LogP contribution in [0.25, 0.3) is 0 Å².